The third-order valence-corrected chi connectivity index (χ3v) is 6.92. The number of rotatable bonds is 5. The Morgan fingerprint density at radius 2 is 1.65 bits per heavy atom. The number of nitrogens with zero attached hydrogens (tertiary/aromatic N) is 2. The van der Waals surface area contributed by atoms with Crippen molar-refractivity contribution < 1.29 is 19.4 Å². The summed E-state index contributed by atoms with van der Waals surface area (Å²) in [6.45, 7) is 4.78. The summed E-state index contributed by atoms with van der Waals surface area (Å²) in [5, 5.41) is 12.9. The first-order chi connectivity index (χ1) is 17.9. The van der Waals surface area contributed by atoms with Gasteiger partial charge >= 0.3 is 6.03 Å². The monoisotopic (exact) mass is 501 g/mol. The summed E-state index contributed by atoms with van der Waals surface area (Å²) in [5.74, 6) is -0.239. The quantitative estimate of drug-likeness (QED) is 0.522. The number of nitrogens with one attached hydrogen (secondary N) is 1. The van der Waals surface area contributed by atoms with Crippen LogP contribution in [-0.2, 0) is 11.3 Å². The van der Waals surface area contributed by atoms with Crippen molar-refractivity contribution in [3.63, 3.8) is 0 Å². The van der Waals surface area contributed by atoms with Crippen LogP contribution in [0.15, 0.2) is 78.9 Å². The van der Waals surface area contributed by atoms with Crippen molar-refractivity contribution >= 4 is 17.6 Å². The molecule has 0 bridgehead atoms. The number of hydrogen-bond donors (Lipinski definition) is 2. The summed E-state index contributed by atoms with van der Waals surface area (Å²) in [7, 11) is 1.74. The lowest BCUT2D eigenvalue weighted by atomic mass is 9.94. The molecule has 3 aromatic rings. The summed E-state index contributed by atoms with van der Waals surface area (Å²) in [6.07, 6.45) is -0.345. The zero-order valence-electron chi connectivity index (χ0n) is 21.6. The standard InChI is InChI=1S/C30H35N3O4/c1-21-17-33(22(2)19-34)29(35)27-16-10-9-15-26(27)25-14-8-7-11-23(25)20-37-28(21)18-32(3)30(36)31-24-12-5-4-6-13-24/h4-16,21-22,28,34H,17-20H2,1-3H3,(H,31,36)/t21-,22+,28-/m0/s1. The average Bonchev–Trinajstić information content (AvgIpc) is 2.94. The van der Waals surface area contributed by atoms with Gasteiger partial charge in [0.25, 0.3) is 5.91 Å². The highest BCUT2D eigenvalue weighted by atomic mass is 16.5. The van der Waals surface area contributed by atoms with E-state index in [1.807, 2.05) is 92.7 Å². The molecule has 4 rings (SSSR count). The second-order valence-corrected chi connectivity index (χ2v) is 9.70. The fourth-order valence-corrected chi connectivity index (χ4v) is 4.64. The predicted molar refractivity (Wildman–Crippen MR) is 145 cm³/mol. The van der Waals surface area contributed by atoms with Gasteiger partial charge in [0.15, 0.2) is 0 Å². The van der Waals surface area contributed by atoms with Crippen LogP contribution >= 0.6 is 0 Å². The first kappa shape index (κ1) is 26.4. The average molecular weight is 502 g/mol. The van der Waals surface area contributed by atoms with Gasteiger partial charge in [-0.15, -0.1) is 0 Å². The fraction of sp³-hybridized carbons (Fsp3) is 0.333. The maximum atomic E-state index is 13.9. The largest absolute Gasteiger partial charge is 0.394 e. The highest BCUT2D eigenvalue weighted by Gasteiger charge is 2.31. The van der Waals surface area contributed by atoms with Crippen molar-refractivity contribution in [2.45, 2.75) is 32.6 Å². The number of carbonyl (C=O) groups is 2. The first-order valence-electron chi connectivity index (χ1n) is 12.7. The molecule has 7 heteroatoms. The van der Waals surface area contributed by atoms with E-state index in [0.717, 1.165) is 22.4 Å². The number of benzene rings is 3. The number of anilines is 1. The Morgan fingerprint density at radius 3 is 2.35 bits per heavy atom. The number of urea groups is 1. The van der Waals surface area contributed by atoms with E-state index in [0.29, 0.717) is 25.3 Å². The molecule has 0 aromatic heterocycles. The van der Waals surface area contributed by atoms with E-state index in [1.54, 1.807) is 16.8 Å². The molecule has 0 spiro atoms. The zero-order valence-corrected chi connectivity index (χ0v) is 21.6. The number of aliphatic hydroxyl groups excluding tert-OH is 1. The fourth-order valence-electron chi connectivity index (χ4n) is 4.64. The lowest BCUT2D eigenvalue weighted by molar-refractivity contribution is -0.0178. The molecule has 3 amide bonds. The minimum absolute atomic E-state index is 0.109. The van der Waals surface area contributed by atoms with Crippen molar-refractivity contribution in [3.05, 3.63) is 90.0 Å². The van der Waals surface area contributed by atoms with Crippen LogP contribution in [0.25, 0.3) is 11.1 Å². The van der Waals surface area contributed by atoms with E-state index in [1.165, 1.54) is 0 Å². The van der Waals surface area contributed by atoms with Crippen molar-refractivity contribution in [1.29, 1.82) is 0 Å². The molecular formula is C30H35N3O4. The van der Waals surface area contributed by atoms with Crippen LogP contribution in [0.2, 0.25) is 0 Å². The van der Waals surface area contributed by atoms with Crippen LogP contribution in [0, 0.1) is 5.92 Å². The second-order valence-electron chi connectivity index (χ2n) is 9.70. The van der Waals surface area contributed by atoms with E-state index < -0.39 is 0 Å². The van der Waals surface area contributed by atoms with Crippen LogP contribution in [0.1, 0.15) is 29.8 Å². The van der Waals surface area contributed by atoms with E-state index in [9.17, 15) is 14.7 Å². The van der Waals surface area contributed by atoms with Gasteiger partial charge in [0.2, 0.25) is 0 Å². The van der Waals surface area contributed by atoms with Gasteiger partial charge in [0, 0.05) is 37.3 Å². The molecular weight excluding hydrogens is 466 g/mol. The molecule has 0 unspecified atom stereocenters. The predicted octanol–water partition coefficient (Wildman–Crippen LogP) is 4.88. The van der Waals surface area contributed by atoms with Crippen molar-refractivity contribution in [3.8, 4) is 11.1 Å². The van der Waals surface area contributed by atoms with Crippen molar-refractivity contribution in [2.24, 2.45) is 5.92 Å². The van der Waals surface area contributed by atoms with E-state index in [-0.39, 0.29) is 36.6 Å². The lowest BCUT2D eigenvalue weighted by Gasteiger charge is -2.35. The maximum absolute atomic E-state index is 13.9. The van der Waals surface area contributed by atoms with E-state index >= 15 is 0 Å². The molecule has 194 valence electrons. The molecule has 3 aromatic carbocycles. The van der Waals surface area contributed by atoms with Crippen LogP contribution in [0.3, 0.4) is 0 Å². The van der Waals surface area contributed by atoms with Gasteiger partial charge in [-0.1, -0.05) is 67.6 Å². The molecule has 1 aliphatic heterocycles. The third kappa shape index (κ3) is 6.18. The molecule has 7 nitrogen and oxygen atoms in total. The summed E-state index contributed by atoms with van der Waals surface area (Å²) < 4.78 is 6.47. The topological polar surface area (TPSA) is 82.1 Å². The molecule has 0 fully saturated rings. The van der Waals surface area contributed by atoms with Crippen LogP contribution in [-0.4, -0.2) is 65.7 Å². The third-order valence-electron chi connectivity index (χ3n) is 6.92. The van der Waals surface area contributed by atoms with Gasteiger partial charge in [0.1, 0.15) is 0 Å². The highest BCUT2D eigenvalue weighted by Crippen LogP contribution is 2.31. The number of likely N-dealkylation sites (N-methyl/N-ethyl adjacent to an activating group) is 1. The number of ether oxygens (including phenoxy) is 1. The summed E-state index contributed by atoms with van der Waals surface area (Å²) in [6, 6.07) is 24.2. The number of aliphatic hydroxyl groups is 1. The normalized spacial score (nSPS) is 18.7. The van der Waals surface area contributed by atoms with Crippen molar-refractivity contribution in [1.82, 2.24) is 9.80 Å². The van der Waals surface area contributed by atoms with Crippen LogP contribution in [0.5, 0.6) is 0 Å². The number of para-hydroxylation sites is 1. The Labute approximate surface area is 218 Å². The molecule has 0 saturated heterocycles. The van der Waals surface area contributed by atoms with Gasteiger partial charge in [-0.2, -0.15) is 0 Å². The number of hydrogen-bond acceptors (Lipinski definition) is 4. The molecule has 1 aliphatic rings. The van der Waals surface area contributed by atoms with Gasteiger partial charge in [-0.3, -0.25) is 4.79 Å². The highest BCUT2D eigenvalue weighted by molar-refractivity contribution is 6.01. The Morgan fingerprint density at radius 1 is 1.03 bits per heavy atom. The summed E-state index contributed by atoms with van der Waals surface area (Å²) >= 11 is 0. The molecule has 37 heavy (non-hydrogen) atoms. The minimum Gasteiger partial charge on any atom is -0.394 e. The van der Waals surface area contributed by atoms with E-state index in [4.69, 9.17) is 4.74 Å². The van der Waals surface area contributed by atoms with Crippen molar-refractivity contribution in [2.75, 3.05) is 32.1 Å². The number of amides is 3. The molecule has 1 heterocycles. The maximum Gasteiger partial charge on any atom is 0.321 e. The van der Waals surface area contributed by atoms with Gasteiger partial charge in [0.05, 0.1) is 25.4 Å². The Hall–Kier alpha value is -3.68. The van der Waals surface area contributed by atoms with Crippen LogP contribution < -0.4 is 5.32 Å². The Kier molecular flexibility index (Phi) is 8.58. The zero-order chi connectivity index (χ0) is 26.4. The van der Waals surface area contributed by atoms with Gasteiger partial charge in [-0.05, 0) is 41.8 Å². The summed E-state index contributed by atoms with van der Waals surface area (Å²) in [5.41, 5.74) is 4.06. The summed E-state index contributed by atoms with van der Waals surface area (Å²) in [4.78, 5) is 30.1. The lowest BCUT2D eigenvalue weighted by Crippen LogP contribution is -2.48. The van der Waals surface area contributed by atoms with Crippen LogP contribution in [0.4, 0.5) is 10.5 Å². The molecule has 3 atom stereocenters. The Balaban J connectivity index is 1.66. The minimum atomic E-state index is -0.376. The molecule has 0 aliphatic carbocycles. The SMILES string of the molecule is C[C@H](CO)N1C[C@H](C)[C@H](CN(C)C(=O)Nc2ccccc2)OCc2ccccc2-c2ccccc2C1=O. The number of fused-ring (bicyclic) bond motifs is 3. The van der Waals surface area contributed by atoms with Gasteiger partial charge < -0.3 is 25.0 Å². The smallest absolute Gasteiger partial charge is 0.321 e. The number of carbonyl (C=O) groups excluding carboxylic acids is 2. The van der Waals surface area contributed by atoms with Gasteiger partial charge in [-0.25, -0.2) is 4.79 Å². The molecule has 0 radical (unpaired) electrons. The first-order valence-corrected chi connectivity index (χ1v) is 12.7. The second kappa shape index (κ2) is 12.0. The molecule has 0 saturated carbocycles. The van der Waals surface area contributed by atoms with E-state index in [2.05, 4.69) is 5.32 Å². The molecule has 2 N–H and O–H groups in total. The Bertz CT molecular complexity index is 1220.